The highest BCUT2D eigenvalue weighted by Gasteiger charge is 2.29. The van der Waals surface area contributed by atoms with Crippen molar-refractivity contribution in [2.75, 3.05) is 0 Å². The normalized spacial score (nSPS) is 11.8. The van der Waals surface area contributed by atoms with Crippen molar-refractivity contribution >= 4 is 46.6 Å². The average Bonchev–Trinajstić information content (AvgIpc) is 3.00. The maximum atomic E-state index is 14.8. The van der Waals surface area contributed by atoms with Gasteiger partial charge in [0.15, 0.2) is 7.14 Å². The maximum Gasteiger partial charge on any atom is 0.240 e. The number of isocyanates is 2. The topological polar surface area (TPSA) is 94.4 Å². The molecule has 5 aromatic rings. The fourth-order valence-corrected chi connectivity index (χ4v) is 6.71. The van der Waals surface area contributed by atoms with Crippen LogP contribution in [-0.2, 0) is 14.2 Å². The Bertz CT molecular complexity index is 1630. The molecular weight excluding hydrogens is 523 g/mol. The molecule has 0 heterocycles. The van der Waals surface area contributed by atoms with Gasteiger partial charge in [0.1, 0.15) is 23.0 Å². The Morgan fingerprint density at radius 3 is 1.12 bits per heavy atom. The first kappa shape index (κ1) is 26.3. The lowest BCUT2D eigenvalue weighted by atomic mass is 10.3. The molecule has 0 aliphatic carbocycles. The number of aliphatic imine (C=N–C) groups is 2. The van der Waals surface area contributed by atoms with Crippen LogP contribution in [0.2, 0.25) is 0 Å². The minimum Gasteiger partial charge on any atom is -0.457 e. The number of ether oxygens (including phenoxy) is 2. The number of benzene rings is 5. The van der Waals surface area contributed by atoms with Crippen molar-refractivity contribution in [2.45, 2.75) is 0 Å². The first-order valence-corrected chi connectivity index (χ1v) is 13.9. The van der Waals surface area contributed by atoms with Gasteiger partial charge in [0.05, 0.1) is 11.4 Å². The van der Waals surface area contributed by atoms with E-state index in [1.165, 1.54) is 12.2 Å². The van der Waals surface area contributed by atoms with Crippen molar-refractivity contribution in [2.24, 2.45) is 9.98 Å². The lowest BCUT2D eigenvalue weighted by Crippen LogP contribution is -2.24. The van der Waals surface area contributed by atoms with E-state index in [4.69, 9.17) is 9.47 Å². The molecule has 0 bridgehead atoms. The Morgan fingerprint density at radius 2 is 0.775 bits per heavy atom. The summed E-state index contributed by atoms with van der Waals surface area (Å²) in [4.78, 5) is 28.0. The fraction of sp³-hybridized carbons (Fsp3) is 0. The first-order valence-electron chi connectivity index (χ1n) is 12.2. The Labute approximate surface area is 230 Å². The summed E-state index contributed by atoms with van der Waals surface area (Å²) in [7, 11) is -3.22. The van der Waals surface area contributed by atoms with Crippen LogP contribution in [0.5, 0.6) is 23.0 Å². The lowest BCUT2D eigenvalue weighted by molar-refractivity contribution is 0.482. The van der Waals surface area contributed by atoms with Gasteiger partial charge in [-0.25, -0.2) is 9.59 Å². The first-order chi connectivity index (χ1) is 19.6. The summed E-state index contributed by atoms with van der Waals surface area (Å²) in [5.74, 6) is 2.29. The van der Waals surface area contributed by atoms with Gasteiger partial charge in [-0.05, 0) is 97.1 Å². The van der Waals surface area contributed by atoms with Crippen LogP contribution < -0.4 is 25.4 Å². The van der Waals surface area contributed by atoms with Crippen LogP contribution in [0.4, 0.5) is 11.4 Å². The molecule has 0 aromatic heterocycles. The molecule has 0 aliphatic rings. The molecule has 7 nitrogen and oxygen atoms in total. The summed E-state index contributed by atoms with van der Waals surface area (Å²) >= 11 is 0. The molecule has 0 saturated carbocycles. The molecule has 0 fully saturated rings. The molecule has 0 saturated heterocycles. The summed E-state index contributed by atoms with van der Waals surface area (Å²) in [5, 5.41) is 2.01. The summed E-state index contributed by atoms with van der Waals surface area (Å²) < 4.78 is 26.6. The second-order valence-corrected chi connectivity index (χ2v) is 11.3. The van der Waals surface area contributed by atoms with Crippen LogP contribution in [0.25, 0.3) is 0 Å². The molecule has 8 heteroatoms. The van der Waals surface area contributed by atoms with Crippen molar-refractivity contribution in [1.82, 2.24) is 0 Å². The molecule has 40 heavy (non-hydrogen) atoms. The number of nitrogens with zero attached hydrogens (tertiary/aromatic N) is 2. The van der Waals surface area contributed by atoms with Gasteiger partial charge in [-0.2, -0.15) is 9.98 Å². The van der Waals surface area contributed by atoms with E-state index in [1.807, 2.05) is 54.6 Å². The van der Waals surface area contributed by atoms with Crippen molar-refractivity contribution in [3.05, 3.63) is 127 Å². The second kappa shape index (κ2) is 12.0. The minimum atomic E-state index is -3.22. The van der Waals surface area contributed by atoms with Gasteiger partial charge in [-0.15, -0.1) is 0 Å². The van der Waals surface area contributed by atoms with Crippen LogP contribution in [0, 0.1) is 0 Å². The Hall–Kier alpha value is -5.31. The van der Waals surface area contributed by atoms with Crippen LogP contribution >= 0.6 is 7.14 Å². The largest absolute Gasteiger partial charge is 0.457 e. The molecule has 0 amide bonds. The molecule has 0 atom stereocenters. The van der Waals surface area contributed by atoms with Gasteiger partial charge < -0.3 is 14.0 Å². The number of rotatable bonds is 9. The molecular formula is C32H21N2O5P. The summed E-state index contributed by atoms with van der Waals surface area (Å²) in [6, 6.07) is 37.1. The summed E-state index contributed by atoms with van der Waals surface area (Å²) in [6.07, 6.45) is 3.01. The smallest absolute Gasteiger partial charge is 0.240 e. The van der Waals surface area contributed by atoms with E-state index < -0.39 is 7.14 Å². The van der Waals surface area contributed by atoms with Crippen molar-refractivity contribution in [1.29, 1.82) is 0 Å². The third-order valence-corrected chi connectivity index (χ3v) is 9.09. The van der Waals surface area contributed by atoms with E-state index in [-0.39, 0.29) is 0 Å². The molecule has 5 rings (SSSR count). The Balaban J connectivity index is 1.41. The standard InChI is InChI=1S/C32H21N2O5P/c35-22-33-24-6-10-26(11-7-24)38-28-14-18-31(19-15-28)40(37,30-4-2-1-3-5-30)32-20-16-29(17-21-32)39-27-12-8-25(9-13-27)34-23-36/h1-21H. The van der Waals surface area contributed by atoms with Gasteiger partial charge >= 0.3 is 0 Å². The summed E-state index contributed by atoms with van der Waals surface area (Å²) in [5.41, 5.74) is 0.972. The zero-order chi connectivity index (χ0) is 27.8. The Morgan fingerprint density at radius 1 is 0.450 bits per heavy atom. The van der Waals surface area contributed by atoms with E-state index in [0.29, 0.717) is 50.3 Å². The third kappa shape index (κ3) is 5.88. The van der Waals surface area contributed by atoms with Gasteiger partial charge in [-0.1, -0.05) is 30.3 Å². The molecule has 0 unspecified atom stereocenters. The minimum absolute atomic E-state index is 0.486. The highest BCUT2D eigenvalue weighted by molar-refractivity contribution is 7.85. The fourth-order valence-electron chi connectivity index (χ4n) is 4.09. The van der Waals surface area contributed by atoms with Gasteiger partial charge in [0.2, 0.25) is 12.2 Å². The average molecular weight is 545 g/mol. The SMILES string of the molecule is O=C=Nc1ccc(Oc2ccc(P(=O)(c3ccccc3)c3ccc(Oc4ccc(N=C=O)cc4)cc3)cc2)cc1. The molecule has 5 aromatic carbocycles. The van der Waals surface area contributed by atoms with Crippen LogP contribution in [0.1, 0.15) is 0 Å². The number of hydrogen-bond donors (Lipinski definition) is 0. The van der Waals surface area contributed by atoms with E-state index >= 15 is 0 Å². The van der Waals surface area contributed by atoms with Crippen LogP contribution in [-0.4, -0.2) is 12.2 Å². The lowest BCUT2D eigenvalue weighted by Gasteiger charge is -2.20. The van der Waals surface area contributed by atoms with Crippen molar-refractivity contribution in [3.8, 4) is 23.0 Å². The van der Waals surface area contributed by atoms with Gasteiger partial charge in [-0.3, -0.25) is 0 Å². The van der Waals surface area contributed by atoms with E-state index in [0.717, 1.165) is 0 Å². The number of hydrogen-bond acceptors (Lipinski definition) is 7. The van der Waals surface area contributed by atoms with Gasteiger partial charge in [0.25, 0.3) is 0 Å². The summed E-state index contributed by atoms with van der Waals surface area (Å²) in [6.45, 7) is 0. The predicted octanol–water partition coefficient (Wildman–Crippen LogP) is 6.85. The molecule has 194 valence electrons. The van der Waals surface area contributed by atoms with E-state index in [1.54, 1.807) is 72.8 Å². The van der Waals surface area contributed by atoms with E-state index in [2.05, 4.69) is 9.98 Å². The molecule has 0 spiro atoms. The highest BCUT2D eigenvalue weighted by Crippen LogP contribution is 2.43. The van der Waals surface area contributed by atoms with Crippen LogP contribution in [0.3, 0.4) is 0 Å². The Kier molecular flexibility index (Phi) is 7.92. The van der Waals surface area contributed by atoms with Crippen LogP contribution in [0.15, 0.2) is 137 Å². The maximum absolute atomic E-state index is 14.8. The molecule has 0 aliphatic heterocycles. The highest BCUT2D eigenvalue weighted by atomic mass is 31.2. The van der Waals surface area contributed by atoms with E-state index in [9.17, 15) is 14.2 Å². The zero-order valence-electron chi connectivity index (χ0n) is 21.0. The molecule has 0 N–H and O–H groups in total. The molecule has 0 radical (unpaired) electrons. The van der Waals surface area contributed by atoms with Crippen molar-refractivity contribution in [3.63, 3.8) is 0 Å². The zero-order valence-corrected chi connectivity index (χ0v) is 21.9. The predicted molar refractivity (Wildman–Crippen MR) is 154 cm³/mol. The quantitative estimate of drug-likeness (QED) is 0.115. The van der Waals surface area contributed by atoms with Crippen molar-refractivity contribution < 1.29 is 23.6 Å². The monoisotopic (exact) mass is 544 g/mol. The second-order valence-electron chi connectivity index (χ2n) is 8.53. The van der Waals surface area contributed by atoms with Gasteiger partial charge in [0, 0.05) is 15.9 Å². The number of carbonyl (C=O) groups excluding carboxylic acids is 2. The third-order valence-electron chi connectivity index (χ3n) is 6.01.